The molecule has 0 atom stereocenters. The van der Waals surface area contributed by atoms with Crippen molar-refractivity contribution in [3.05, 3.63) is 28.1 Å². The number of rotatable bonds is 4. The Labute approximate surface area is 169 Å². The molecule has 2 N–H and O–H groups in total. The van der Waals surface area contributed by atoms with Gasteiger partial charge in [-0.3, -0.25) is 0 Å². The van der Waals surface area contributed by atoms with E-state index >= 15 is 0 Å². The van der Waals surface area contributed by atoms with Crippen LogP contribution in [0.2, 0.25) is 5.02 Å². The van der Waals surface area contributed by atoms with E-state index in [0.29, 0.717) is 15.0 Å². The summed E-state index contributed by atoms with van der Waals surface area (Å²) in [5.41, 5.74) is 0.913. The predicted molar refractivity (Wildman–Crippen MR) is 116 cm³/mol. The first-order valence-corrected chi connectivity index (χ1v) is 9.92. The fraction of sp³-hybridized carbons (Fsp3) is 0.474. The Balaban J connectivity index is 2.16. The van der Waals surface area contributed by atoms with Crippen molar-refractivity contribution in [2.45, 2.75) is 46.6 Å². The molecule has 0 radical (unpaired) electrons. The summed E-state index contributed by atoms with van der Waals surface area (Å²) in [7, 11) is 1.35. The average molecular weight is 413 g/mol. The van der Waals surface area contributed by atoms with Gasteiger partial charge in [-0.2, -0.15) is 0 Å². The minimum absolute atomic E-state index is 0.128. The molecule has 0 unspecified atom stereocenters. The molecule has 0 saturated carbocycles. The zero-order chi connectivity index (χ0) is 19.7. The number of ether oxygens (including phenoxy) is 1. The average Bonchev–Trinajstić information content (AvgIpc) is 2.79. The molecule has 7 heteroatoms. The summed E-state index contributed by atoms with van der Waals surface area (Å²) in [6.07, 6.45) is 0.976. The molecule has 0 fully saturated rings. The molecule has 0 saturated heterocycles. The minimum atomic E-state index is -0.424. The standard InChI is InChI=1S/C19H25ClN2O2S2/c1-18(2,3)10-19(4,5)22-17(25)21-11-7-8-12-13(9-11)26-15(14(12)20)16(23)24-6/h7-9H,10H2,1-6H3,(H2,21,22,25). The normalized spacial score (nSPS) is 12.1. The van der Waals surface area contributed by atoms with Crippen LogP contribution in [0.1, 0.15) is 50.7 Å². The van der Waals surface area contributed by atoms with Gasteiger partial charge in [0.1, 0.15) is 4.88 Å². The molecule has 0 bridgehead atoms. The molecule has 0 amide bonds. The van der Waals surface area contributed by atoms with Crippen LogP contribution < -0.4 is 10.6 Å². The molecule has 0 aliphatic rings. The van der Waals surface area contributed by atoms with Crippen LogP contribution in [0, 0.1) is 5.41 Å². The first kappa shape index (κ1) is 20.9. The van der Waals surface area contributed by atoms with Gasteiger partial charge in [0.05, 0.1) is 12.1 Å². The van der Waals surface area contributed by atoms with Crippen LogP contribution in [0.25, 0.3) is 10.1 Å². The molecular weight excluding hydrogens is 388 g/mol. The number of nitrogens with one attached hydrogen (secondary N) is 2. The second-order valence-corrected chi connectivity index (χ2v) is 9.99. The van der Waals surface area contributed by atoms with Gasteiger partial charge in [-0.15, -0.1) is 11.3 Å². The van der Waals surface area contributed by atoms with Crippen molar-refractivity contribution in [1.82, 2.24) is 5.32 Å². The summed E-state index contributed by atoms with van der Waals surface area (Å²) in [5, 5.41) is 8.41. The van der Waals surface area contributed by atoms with Crippen LogP contribution >= 0.6 is 35.2 Å². The monoisotopic (exact) mass is 412 g/mol. The van der Waals surface area contributed by atoms with E-state index < -0.39 is 5.97 Å². The maximum atomic E-state index is 11.8. The lowest BCUT2D eigenvalue weighted by atomic mass is 9.82. The van der Waals surface area contributed by atoms with E-state index in [1.54, 1.807) is 0 Å². The Morgan fingerprint density at radius 3 is 2.50 bits per heavy atom. The Hall–Kier alpha value is -1.37. The Morgan fingerprint density at radius 1 is 1.27 bits per heavy atom. The third-order valence-electron chi connectivity index (χ3n) is 3.68. The fourth-order valence-electron chi connectivity index (χ4n) is 3.21. The third kappa shape index (κ3) is 5.32. The predicted octanol–water partition coefficient (Wildman–Crippen LogP) is 5.84. The van der Waals surface area contributed by atoms with E-state index in [4.69, 9.17) is 28.6 Å². The van der Waals surface area contributed by atoms with E-state index in [0.717, 1.165) is 22.2 Å². The smallest absolute Gasteiger partial charge is 0.349 e. The highest BCUT2D eigenvalue weighted by Gasteiger charge is 2.26. The van der Waals surface area contributed by atoms with Crippen LogP contribution in [0.5, 0.6) is 0 Å². The third-order valence-corrected chi connectivity index (χ3v) is 5.52. The number of fused-ring (bicyclic) bond motifs is 1. The second-order valence-electron chi connectivity index (χ2n) is 8.15. The largest absolute Gasteiger partial charge is 0.465 e. The molecule has 1 aromatic heterocycles. The fourth-order valence-corrected chi connectivity index (χ4v) is 5.07. The summed E-state index contributed by atoms with van der Waals surface area (Å²) >= 11 is 13.1. The number of hydrogen-bond acceptors (Lipinski definition) is 4. The van der Waals surface area contributed by atoms with Gasteiger partial charge in [0.15, 0.2) is 5.11 Å². The molecule has 1 heterocycles. The zero-order valence-electron chi connectivity index (χ0n) is 16.0. The molecule has 0 aliphatic heterocycles. The number of anilines is 1. The number of halogens is 1. The van der Waals surface area contributed by atoms with Crippen molar-refractivity contribution in [2.24, 2.45) is 5.41 Å². The van der Waals surface area contributed by atoms with Crippen molar-refractivity contribution in [2.75, 3.05) is 12.4 Å². The number of hydrogen-bond donors (Lipinski definition) is 2. The molecule has 142 valence electrons. The SMILES string of the molecule is COC(=O)c1sc2cc(NC(=S)NC(C)(C)CC(C)(C)C)ccc2c1Cl. The first-order chi connectivity index (χ1) is 11.9. The summed E-state index contributed by atoms with van der Waals surface area (Å²) in [4.78, 5) is 12.2. The summed E-state index contributed by atoms with van der Waals surface area (Å²) in [6.45, 7) is 10.9. The van der Waals surface area contributed by atoms with Gasteiger partial charge in [-0.25, -0.2) is 4.79 Å². The molecule has 1 aromatic carbocycles. The van der Waals surface area contributed by atoms with Crippen LogP contribution in [0.3, 0.4) is 0 Å². The minimum Gasteiger partial charge on any atom is -0.465 e. The van der Waals surface area contributed by atoms with Crippen LogP contribution in [0.4, 0.5) is 5.69 Å². The van der Waals surface area contributed by atoms with Crippen molar-refractivity contribution in [3.8, 4) is 0 Å². The van der Waals surface area contributed by atoms with Gasteiger partial charge in [0, 0.05) is 21.3 Å². The van der Waals surface area contributed by atoms with E-state index in [9.17, 15) is 4.79 Å². The van der Waals surface area contributed by atoms with Crippen LogP contribution in [-0.4, -0.2) is 23.7 Å². The molecule has 2 aromatic rings. The number of esters is 1. The van der Waals surface area contributed by atoms with Gasteiger partial charge in [0.2, 0.25) is 0 Å². The number of thiocarbonyl (C=S) groups is 1. The quantitative estimate of drug-likeness (QED) is 0.487. The molecule has 0 spiro atoms. The van der Waals surface area contributed by atoms with Crippen molar-refractivity contribution >= 4 is 62.0 Å². The number of carbonyl (C=O) groups excluding carboxylic acids is 1. The maximum Gasteiger partial charge on any atom is 0.349 e. The maximum absolute atomic E-state index is 11.8. The number of carbonyl (C=O) groups is 1. The molecular formula is C19H25ClN2O2S2. The van der Waals surface area contributed by atoms with E-state index in [1.807, 2.05) is 18.2 Å². The van der Waals surface area contributed by atoms with Crippen LogP contribution in [0.15, 0.2) is 18.2 Å². The summed E-state index contributed by atoms with van der Waals surface area (Å²) < 4.78 is 5.68. The van der Waals surface area contributed by atoms with Crippen molar-refractivity contribution in [1.29, 1.82) is 0 Å². The van der Waals surface area contributed by atoms with E-state index in [2.05, 4.69) is 45.3 Å². The lowest BCUT2D eigenvalue weighted by Gasteiger charge is -2.34. The molecule has 2 rings (SSSR count). The topological polar surface area (TPSA) is 50.4 Å². The number of methoxy groups -OCH3 is 1. The Kier molecular flexibility index (Phi) is 6.20. The second kappa shape index (κ2) is 7.71. The van der Waals surface area contributed by atoms with Crippen molar-refractivity contribution < 1.29 is 9.53 Å². The van der Waals surface area contributed by atoms with Crippen LogP contribution in [-0.2, 0) is 4.74 Å². The van der Waals surface area contributed by atoms with Gasteiger partial charge >= 0.3 is 5.97 Å². The van der Waals surface area contributed by atoms with Gasteiger partial charge in [-0.1, -0.05) is 32.4 Å². The first-order valence-electron chi connectivity index (χ1n) is 8.31. The lowest BCUT2D eigenvalue weighted by Crippen LogP contribution is -2.47. The highest BCUT2D eigenvalue weighted by atomic mass is 35.5. The molecule has 0 aliphatic carbocycles. The Morgan fingerprint density at radius 2 is 1.92 bits per heavy atom. The summed E-state index contributed by atoms with van der Waals surface area (Å²) in [5.74, 6) is -0.424. The van der Waals surface area contributed by atoms with Crippen molar-refractivity contribution in [3.63, 3.8) is 0 Å². The highest BCUT2D eigenvalue weighted by molar-refractivity contribution is 7.80. The van der Waals surface area contributed by atoms with E-state index in [1.165, 1.54) is 18.4 Å². The van der Waals surface area contributed by atoms with Gasteiger partial charge < -0.3 is 15.4 Å². The zero-order valence-corrected chi connectivity index (χ0v) is 18.3. The number of thiophene rings is 1. The number of benzene rings is 1. The van der Waals surface area contributed by atoms with E-state index in [-0.39, 0.29) is 11.0 Å². The van der Waals surface area contributed by atoms with Gasteiger partial charge in [-0.05, 0) is 56.1 Å². The highest BCUT2D eigenvalue weighted by Crippen LogP contribution is 2.37. The molecule has 26 heavy (non-hydrogen) atoms. The Bertz CT molecular complexity index is 838. The van der Waals surface area contributed by atoms with Gasteiger partial charge in [0.25, 0.3) is 0 Å². The lowest BCUT2D eigenvalue weighted by molar-refractivity contribution is 0.0606. The molecule has 4 nitrogen and oxygen atoms in total. The summed E-state index contributed by atoms with van der Waals surface area (Å²) in [6, 6.07) is 5.71.